The van der Waals surface area contributed by atoms with Gasteiger partial charge in [0.05, 0.1) is 6.42 Å². The highest BCUT2D eigenvalue weighted by Gasteiger charge is 2.39. The number of carbonyl (C=O) groups excluding carboxylic acids is 1. The zero-order valence-corrected chi connectivity index (χ0v) is 9.73. The van der Waals surface area contributed by atoms with E-state index in [4.69, 9.17) is 10.5 Å². The van der Waals surface area contributed by atoms with Crippen LogP contribution in [0.3, 0.4) is 0 Å². The molecule has 1 unspecified atom stereocenters. The molecule has 0 rings (SSSR count). The van der Waals surface area contributed by atoms with Crippen LogP contribution in [0.4, 0.5) is 13.2 Å². The Bertz CT molecular complexity index is 239. The van der Waals surface area contributed by atoms with E-state index < -0.39 is 30.2 Å². The number of carbonyl (C=O) groups is 1. The van der Waals surface area contributed by atoms with Crippen LogP contribution in [0.2, 0.25) is 0 Å². The predicted molar refractivity (Wildman–Crippen MR) is 53.7 cm³/mol. The number of halogens is 3. The summed E-state index contributed by atoms with van der Waals surface area (Å²) < 4.78 is 41.1. The highest BCUT2D eigenvalue weighted by atomic mass is 19.4. The van der Waals surface area contributed by atoms with Gasteiger partial charge in [-0.15, -0.1) is 0 Å². The van der Waals surface area contributed by atoms with Crippen LogP contribution in [-0.4, -0.2) is 23.8 Å². The van der Waals surface area contributed by atoms with Crippen LogP contribution in [-0.2, 0) is 9.53 Å². The average molecular weight is 241 g/mol. The van der Waals surface area contributed by atoms with E-state index >= 15 is 0 Å². The summed E-state index contributed by atoms with van der Waals surface area (Å²) in [7, 11) is 0. The molecule has 0 fully saturated rings. The Kier molecular flexibility index (Phi) is 5.25. The summed E-state index contributed by atoms with van der Waals surface area (Å²) >= 11 is 0. The zero-order chi connectivity index (χ0) is 13.0. The number of hydrogen-bond donors (Lipinski definition) is 1. The molecule has 0 aromatic carbocycles. The van der Waals surface area contributed by atoms with Crippen LogP contribution in [0.5, 0.6) is 0 Å². The van der Waals surface area contributed by atoms with Crippen molar-refractivity contribution in [3.05, 3.63) is 0 Å². The van der Waals surface area contributed by atoms with E-state index in [0.717, 1.165) is 0 Å². The van der Waals surface area contributed by atoms with Gasteiger partial charge in [-0.3, -0.25) is 4.79 Å². The van der Waals surface area contributed by atoms with Crippen molar-refractivity contribution in [2.24, 2.45) is 5.73 Å². The number of hydrogen-bond acceptors (Lipinski definition) is 3. The highest BCUT2D eigenvalue weighted by Crippen LogP contribution is 2.29. The number of alkyl halides is 3. The van der Waals surface area contributed by atoms with E-state index in [1.807, 2.05) is 6.92 Å². The van der Waals surface area contributed by atoms with Crippen molar-refractivity contribution in [3.8, 4) is 0 Å². The van der Waals surface area contributed by atoms with Gasteiger partial charge in [0.15, 0.2) is 0 Å². The number of ether oxygens (including phenoxy) is 1. The monoisotopic (exact) mass is 241 g/mol. The first-order valence-corrected chi connectivity index (χ1v) is 5.12. The number of nitrogens with two attached hydrogens (primary N) is 1. The van der Waals surface area contributed by atoms with E-state index in [1.54, 1.807) is 0 Å². The molecule has 0 aromatic heterocycles. The summed E-state index contributed by atoms with van der Waals surface area (Å²) in [5, 5.41) is 0. The molecule has 0 saturated heterocycles. The molecule has 0 spiro atoms. The van der Waals surface area contributed by atoms with E-state index in [2.05, 4.69) is 0 Å². The quantitative estimate of drug-likeness (QED) is 0.752. The maximum atomic E-state index is 12.1. The fourth-order valence-electron chi connectivity index (χ4n) is 1.30. The summed E-state index contributed by atoms with van der Waals surface area (Å²) in [6, 6.07) is -0.850. The molecule has 0 aromatic rings. The third-order valence-electron chi connectivity index (χ3n) is 1.91. The molecule has 6 heteroatoms. The Balaban J connectivity index is 4.30. The fourth-order valence-corrected chi connectivity index (χ4v) is 1.30. The highest BCUT2D eigenvalue weighted by molar-refractivity contribution is 5.75. The largest absolute Gasteiger partial charge is 0.458 e. The first kappa shape index (κ1) is 15.2. The SMILES string of the molecule is CCCC(N)C(=O)OC(C)(C)CC(F)(F)F. The summed E-state index contributed by atoms with van der Waals surface area (Å²) in [6.45, 7) is 4.27. The first-order valence-electron chi connectivity index (χ1n) is 5.12. The van der Waals surface area contributed by atoms with Gasteiger partial charge in [0.1, 0.15) is 11.6 Å². The lowest BCUT2D eigenvalue weighted by Gasteiger charge is -2.27. The molecule has 0 aliphatic rings. The molecule has 16 heavy (non-hydrogen) atoms. The summed E-state index contributed by atoms with van der Waals surface area (Å²) in [5.41, 5.74) is 3.87. The zero-order valence-electron chi connectivity index (χ0n) is 9.73. The molecular weight excluding hydrogens is 223 g/mol. The Morgan fingerprint density at radius 2 is 1.88 bits per heavy atom. The van der Waals surface area contributed by atoms with E-state index in [1.165, 1.54) is 13.8 Å². The van der Waals surface area contributed by atoms with E-state index in [9.17, 15) is 18.0 Å². The molecule has 0 saturated carbocycles. The molecule has 1 atom stereocenters. The second-order valence-corrected chi connectivity index (χ2v) is 4.37. The third kappa shape index (κ3) is 6.66. The van der Waals surface area contributed by atoms with Crippen molar-refractivity contribution in [2.75, 3.05) is 0 Å². The standard InChI is InChI=1S/C10H18F3NO2/c1-4-5-7(14)8(15)16-9(2,3)6-10(11,12)13/h7H,4-6,14H2,1-3H3. The van der Waals surface area contributed by atoms with Crippen molar-refractivity contribution < 1.29 is 22.7 Å². The Hall–Kier alpha value is -0.780. The fraction of sp³-hybridized carbons (Fsp3) is 0.900. The lowest BCUT2D eigenvalue weighted by Crippen LogP contribution is -2.40. The Morgan fingerprint density at radius 1 is 1.38 bits per heavy atom. The molecule has 0 radical (unpaired) electrons. The maximum absolute atomic E-state index is 12.1. The molecule has 0 heterocycles. The molecule has 96 valence electrons. The van der Waals surface area contributed by atoms with Crippen LogP contribution >= 0.6 is 0 Å². The minimum Gasteiger partial charge on any atom is -0.458 e. The van der Waals surface area contributed by atoms with Crippen LogP contribution in [0, 0.1) is 0 Å². The second kappa shape index (κ2) is 5.52. The minimum absolute atomic E-state index is 0.404. The molecule has 3 nitrogen and oxygen atoms in total. The summed E-state index contributed by atoms with van der Waals surface area (Å²) in [4.78, 5) is 11.3. The van der Waals surface area contributed by atoms with Crippen molar-refractivity contribution in [1.29, 1.82) is 0 Å². The van der Waals surface area contributed by atoms with E-state index in [0.29, 0.717) is 12.8 Å². The molecule has 0 amide bonds. The predicted octanol–water partition coefficient (Wildman–Crippen LogP) is 2.39. The average Bonchev–Trinajstić information content (AvgIpc) is 1.98. The van der Waals surface area contributed by atoms with Crippen LogP contribution < -0.4 is 5.73 Å². The smallest absolute Gasteiger partial charge is 0.392 e. The van der Waals surface area contributed by atoms with Crippen molar-refractivity contribution in [2.45, 2.75) is 57.9 Å². The molecule has 2 N–H and O–H groups in total. The normalized spacial score (nSPS) is 14.7. The van der Waals surface area contributed by atoms with Crippen LogP contribution in [0.25, 0.3) is 0 Å². The minimum atomic E-state index is -4.36. The maximum Gasteiger partial charge on any atom is 0.392 e. The van der Waals surface area contributed by atoms with Crippen molar-refractivity contribution in [1.82, 2.24) is 0 Å². The summed E-state index contributed by atoms with van der Waals surface area (Å²) in [5.74, 6) is -0.781. The van der Waals surface area contributed by atoms with Gasteiger partial charge in [-0.25, -0.2) is 0 Å². The Labute approximate surface area is 93.1 Å². The van der Waals surface area contributed by atoms with Gasteiger partial charge < -0.3 is 10.5 Å². The third-order valence-corrected chi connectivity index (χ3v) is 1.91. The van der Waals surface area contributed by atoms with E-state index in [-0.39, 0.29) is 0 Å². The van der Waals surface area contributed by atoms with Gasteiger partial charge >= 0.3 is 12.1 Å². The van der Waals surface area contributed by atoms with Gasteiger partial charge in [-0.1, -0.05) is 13.3 Å². The van der Waals surface area contributed by atoms with Gasteiger partial charge in [-0.2, -0.15) is 13.2 Å². The molecule has 0 aliphatic carbocycles. The molecular formula is C10H18F3NO2. The van der Waals surface area contributed by atoms with Crippen molar-refractivity contribution >= 4 is 5.97 Å². The number of rotatable bonds is 5. The van der Waals surface area contributed by atoms with Gasteiger partial charge in [0.25, 0.3) is 0 Å². The lowest BCUT2D eigenvalue weighted by molar-refractivity contribution is -0.189. The second-order valence-electron chi connectivity index (χ2n) is 4.37. The van der Waals surface area contributed by atoms with Gasteiger partial charge in [0.2, 0.25) is 0 Å². The van der Waals surface area contributed by atoms with Crippen molar-refractivity contribution in [3.63, 3.8) is 0 Å². The number of esters is 1. The topological polar surface area (TPSA) is 52.3 Å². The summed E-state index contributed by atoms with van der Waals surface area (Å²) in [6.07, 6.45) is -4.46. The van der Waals surface area contributed by atoms with Crippen LogP contribution in [0.15, 0.2) is 0 Å². The van der Waals surface area contributed by atoms with Crippen LogP contribution in [0.1, 0.15) is 40.0 Å². The first-order chi connectivity index (χ1) is 7.07. The molecule has 0 aliphatic heterocycles. The lowest BCUT2D eigenvalue weighted by atomic mass is 10.0. The molecule has 0 bridgehead atoms. The van der Waals surface area contributed by atoms with Gasteiger partial charge in [-0.05, 0) is 20.3 Å². The Morgan fingerprint density at radius 3 is 2.25 bits per heavy atom. The van der Waals surface area contributed by atoms with Gasteiger partial charge in [0, 0.05) is 0 Å².